The van der Waals surface area contributed by atoms with E-state index < -0.39 is 11.8 Å². The van der Waals surface area contributed by atoms with E-state index in [2.05, 4.69) is 4.98 Å². The van der Waals surface area contributed by atoms with Crippen LogP contribution in [0, 0.1) is 5.82 Å². The Labute approximate surface area is 203 Å². The molecule has 178 valence electrons. The average Bonchev–Trinajstić information content (AvgIpc) is 3.03. The van der Waals surface area contributed by atoms with E-state index in [0.29, 0.717) is 54.8 Å². The molecule has 1 saturated heterocycles. The van der Waals surface area contributed by atoms with E-state index in [1.165, 1.54) is 17.0 Å². The maximum absolute atomic E-state index is 13.6. The maximum atomic E-state index is 13.6. The van der Waals surface area contributed by atoms with Crippen LogP contribution in [-0.2, 0) is 11.3 Å². The highest BCUT2D eigenvalue weighted by Crippen LogP contribution is 2.45. The maximum Gasteiger partial charge on any atom is 0.407 e. The molecule has 0 radical (unpaired) electrons. The van der Waals surface area contributed by atoms with Gasteiger partial charge in [-0.05, 0) is 23.8 Å². The van der Waals surface area contributed by atoms with Crippen molar-refractivity contribution >= 4 is 46.2 Å². The van der Waals surface area contributed by atoms with Gasteiger partial charge in [0.05, 0.1) is 23.2 Å². The fourth-order valence-corrected chi connectivity index (χ4v) is 6.17. The van der Waals surface area contributed by atoms with E-state index in [1.54, 1.807) is 41.6 Å². The van der Waals surface area contributed by atoms with Gasteiger partial charge in [0.1, 0.15) is 11.6 Å². The van der Waals surface area contributed by atoms with Gasteiger partial charge in [-0.15, -0.1) is 11.8 Å². The number of amides is 1. The van der Waals surface area contributed by atoms with Crippen molar-refractivity contribution in [2.75, 3.05) is 43.9 Å². The zero-order valence-corrected chi connectivity index (χ0v) is 19.9. The van der Waals surface area contributed by atoms with E-state index in [1.807, 2.05) is 4.90 Å². The van der Waals surface area contributed by atoms with Gasteiger partial charge in [-0.25, -0.2) is 14.0 Å². The molecule has 2 aliphatic heterocycles. The third-order valence-corrected chi connectivity index (χ3v) is 7.79. The number of carbonyl (C=O) groups is 1. The first kappa shape index (κ1) is 22.9. The molecule has 1 atom stereocenters. The van der Waals surface area contributed by atoms with E-state index >= 15 is 0 Å². The van der Waals surface area contributed by atoms with Crippen LogP contribution in [0.3, 0.4) is 0 Å². The van der Waals surface area contributed by atoms with Crippen molar-refractivity contribution in [3.8, 4) is 11.1 Å². The van der Waals surface area contributed by atoms with Crippen molar-refractivity contribution in [2.24, 2.45) is 0 Å². The number of thioether (sulfide) groups is 1. The highest BCUT2D eigenvalue weighted by atomic mass is 35.5. The molecule has 5 rings (SSSR count). The number of halogens is 2. The third-order valence-electron chi connectivity index (χ3n) is 6.27. The Hall–Kier alpha value is -2.82. The minimum Gasteiger partial charge on any atom is -0.465 e. The van der Waals surface area contributed by atoms with E-state index in [4.69, 9.17) is 16.3 Å². The molecule has 0 unspecified atom stereocenters. The first-order valence-corrected chi connectivity index (χ1v) is 12.1. The van der Waals surface area contributed by atoms with Crippen LogP contribution in [0.5, 0.6) is 0 Å². The Morgan fingerprint density at radius 1 is 1.24 bits per heavy atom. The summed E-state index contributed by atoms with van der Waals surface area (Å²) in [6.45, 7) is 1.81. The van der Waals surface area contributed by atoms with Crippen LogP contribution in [0.15, 0.2) is 40.0 Å². The lowest BCUT2D eigenvalue weighted by Crippen LogP contribution is -2.49. The second kappa shape index (κ2) is 9.09. The van der Waals surface area contributed by atoms with Crippen molar-refractivity contribution in [2.45, 2.75) is 17.5 Å². The molecule has 0 aliphatic carbocycles. The molecular weight excluding hydrogens is 483 g/mol. The molecular formula is C23H22ClFN4O4S. The van der Waals surface area contributed by atoms with Crippen molar-refractivity contribution < 1.29 is 19.0 Å². The van der Waals surface area contributed by atoms with Crippen LogP contribution in [0.4, 0.5) is 15.0 Å². The molecule has 1 amide bonds. The summed E-state index contributed by atoms with van der Waals surface area (Å²) in [6.07, 6.45) is -1.17. The molecule has 1 fully saturated rings. The SMILES string of the molecule is CO[C@H]1CSc2c(-c3ccc(F)cc3)c(Cl)cc3c(N4CCN(C(=O)O)CC4)nc(=O)n(c23)C1. The van der Waals surface area contributed by atoms with E-state index in [-0.39, 0.29) is 11.9 Å². The monoisotopic (exact) mass is 504 g/mol. The van der Waals surface area contributed by atoms with Gasteiger partial charge in [0.25, 0.3) is 0 Å². The fourth-order valence-electron chi connectivity index (χ4n) is 4.48. The van der Waals surface area contributed by atoms with E-state index in [0.717, 1.165) is 21.4 Å². The van der Waals surface area contributed by atoms with Gasteiger partial charge in [0.15, 0.2) is 0 Å². The fraction of sp³-hybridized carbons (Fsp3) is 0.348. The Morgan fingerprint density at radius 2 is 1.94 bits per heavy atom. The van der Waals surface area contributed by atoms with Crippen molar-refractivity contribution in [3.63, 3.8) is 0 Å². The molecule has 2 aliphatic rings. The molecule has 0 saturated carbocycles. The number of anilines is 1. The van der Waals surface area contributed by atoms with Gasteiger partial charge >= 0.3 is 11.8 Å². The number of methoxy groups -OCH3 is 1. The zero-order chi connectivity index (χ0) is 24.0. The molecule has 1 N–H and O–H groups in total. The molecule has 3 heterocycles. The van der Waals surface area contributed by atoms with Crippen molar-refractivity contribution in [1.82, 2.24) is 14.5 Å². The number of rotatable bonds is 3. The van der Waals surface area contributed by atoms with Crippen LogP contribution in [0.25, 0.3) is 22.0 Å². The Kier molecular flexibility index (Phi) is 6.13. The van der Waals surface area contributed by atoms with Crippen LogP contribution in [0.2, 0.25) is 5.02 Å². The molecule has 0 spiro atoms. The molecule has 3 aromatic rings. The number of aromatic nitrogens is 2. The summed E-state index contributed by atoms with van der Waals surface area (Å²) in [5.41, 5.74) is 1.79. The van der Waals surface area contributed by atoms with Gasteiger partial charge in [-0.2, -0.15) is 4.98 Å². The highest BCUT2D eigenvalue weighted by Gasteiger charge is 2.29. The summed E-state index contributed by atoms with van der Waals surface area (Å²) < 4.78 is 20.8. The van der Waals surface area contributed by atoms with Gasteiger partial charge in [0, 0.05) is 54.9 Å². The van der Waals surface area contributed by atoms with Gasteiger partial charge < -0.3 is 19.6 Å². The lowest BCUT2D eigenvalue weighted by Gasteiger charge is -2.34. The summed E-state index contributed by atoms with van der Waals surface area (Å²) in [5.74, 6) is 0.752. The molecule has 8 nitrogen and oxygen atoms in total. The smallest absolute Gasteiger partial charge is 0.407 e. The van der Waals surface area contributed by atoms with Crippen molar-refractivity contribution in [3.05, 3.63) is 51.7 Å². The summed E-state index contributed by atoms with van der Waals surface area (Å²) in [5, 5.41) is 10.5. The molecule has 0 bridgehead atoms. The quantitative estimate of drug-likeness (QED) is 0.580. The first-order chi connectivity index (χ1) is 16.4. The lowest BCUT2D eigenvalue weighted by molar-refractivity contribution is 0.107. The van der Waals surface area contributed by atoms with Gasteiger partial charge in [-0.3, -0.25) is 4.57 Å². The Bertz CT molecular complexity index is 1330. The molecule has 11 heteroatoms. The van der Waals surface area contributed by atoms with Crippen LogP contribution in [-0.4, -0.2) is 70.8 Å². The zero-order valence-electron chi connectivity index (χ0n) is 18.3. The summed E-state index contributed by atoms with van der Waals surface area (Å²) in [7, 11) is 1.61. The van der Waals surface area contributed by atoms with E-state index in [9.17, 15) is 19.1 Å². The number of hydrogen-bond donors (Lipinski definition) is 1. The molecule has 1 aromatic heterocycles. The standard InChI is InChI=1S/C23H22ClFN4O4S/c1-33-15-11-29-19-16(21(26-22(29)30)27-6-8-28(9-7-27)23(31)32)10-17(24)18(20(19)34-12-15)13-2-4-14(25)5-3-13/h2-5,10,15H,6-9,11-12H2,1H3,(H,31,32)/t15-/m1/s1. The molecule has 34 heavy (non-hydrogen) atoms. The second-order valence-corrected chi connectivity index (χ2v) is 9.66. The highest BCUT2D eigenvalue weighted by molar-refractivity contribution is 7.99. The average molecular weight is 505 g/mol. The topological polar surface area (TPSA) is 87.9 Å². The lowest BCUT2D eigenvalue weighted by atomic mass is 10.0. The van der Waals surface area contributed by atoms with Gasteiger partial charge in [-0.1, -0.05) is 23.7 Å². The Morgan fingerprint density at radius 3 is 2.59 bits per heavy atom. The number of nitrogens with zero attached hydrogens (tertiary/aromatic N) is 4. The van der Waals surface area contributed by atoms with Crippen LogP contribution in [0.1, 0.15) is 0 Å². The first-order valence-electron chi connectivity index (χ1n) is 10.8. The second-order valence-electron chi connectivity index (χ2n) is 8.22. The Balaban J connectivity index is 1.73. The minimum atomic E-state index is -0.963. The summed E-state index contributed by atoms with van der Waals surface area (Å²) >= 11 is 8.37. The van der Waals surface area contributed by atoms with Crippen LogP contribution < -0.4 is 10.6 Å². The minimum absolute atomic E-state index is 0.204. The number of ether oxygens (including phenoxy) is 1. The third kappa shape index (κ3) is 3.99. The number of carboxylic acid groups (broad SMARTS) is 1. The van der Waals surface area contributed by atoms with Crippen LogP contribution >= 0.6 is 23.4 Å². The van der Waals surface area contributed by atoms with Gasteiger partial charge in [0.2, 0.25) is 0 Å². The molecule has 2 aromatic carbocycles. The van der Waals surface area contributed by atoms with Crippen molar-refractivity contribution in [1.29, 1.82) is 0 Å². The number of piperazine rings is 1. The largest absolute Gasteiger partial charge is 0.465 e. The number of hydrogen-bond acceptors (Lipinski definition) is 6. The number of benzene rings is 2. The summed E-state index contributed by atoms with van der Waals surface area (Å²) in [4.78, 5) is 33.1. The normalized spacial score (nSPS) is 18.3. The summed E-state index contributed by atoms with van der Waals surface area (Å²) in [6, 6.07) is 7.92. The predicted molar refractivity (Wildman–Crippen MR) is 130 cm³/mol. The predicted octanol–water partition coefficient (Wildman–Crippen LogP) is 3.78.